The van der Waals surface area contributed by atoms with E-state index in [-0.39, 0.29) is 17.9 Å². The van der Waals surface area contributed by atoms with Crippen molar-refractivity contribution < 1.29 is 9.21 Å². The number of nitrogens with one attached hydrogen (secondary N) is 1. The minimum atomic E-state index is -0.103. The molecule has 0 aliphatic heterocycles. The van der Waals surface area contributed by atoms with Gasteiger partial charge in [0, 0.05) is 6.04 Å². The molecule has 15 heavy (non-hydrogen) atoms. The van der Waals surface area contributed by atoms with Gasteiger partial charge in [-0.05, 0) is 32.4 Å². The van der Waals surface area contributed by atoms with Crippen LogP contribution in [0.3, 0.4) is 0 Å². The van der Waals surface area contributed by atoms with Crippen LogP contribution in [0.15, 0.2) is 16.7 Å². The second-order valence-corrected chi connectivity index (χ2v) is 3.87. The van der Waals surface area contributed by atoms with Crippen LogP contribution in [0.5, 0.6) is 0 Å². The molecule has 2 unspecified atom stereocenters. The number of hydrogen-bond donors (Lipinski definition) is 2. The topological polar surface area (TPSA) is 68.3 Å². The van der Waals surface area contributed by atoms with Gasteiger partial charge in [0.2, 0.25) is 0 Å². The third-order valence-corrected chi connectivity index (χ3v) is 2.69. The summed E-state index contributed by atoms with van der Waals surface area (Å²) in [7, 11) is 0. The van der Waals surface area contributed by atoms with Gasteiger partial charge in [0.1, 0.15) is 5.76 Å². The van der Waals surface area contributed by atoms with E-state index in [1.807, 2.05) is 13.8 Å². The van der Waals surface area contributed by atoms with Crippen LogP contribution in [0.1, 0.15) is 30.0 Å². The Kier molecular flexibility index (Phi) is 3.91. The Morgan fingerprint density at radius 2 is 2.27 bits per heavy atom. The Bertz CT molecular complexity index is 333. The van der Waals surface area contributed by atoms with Crippen molar-refractivity contribution in [2.24, 2.45) is 11.7 Å². The molecule has 4 nitrogen and oxygen atoms in total. The fraction of sp³-hybridized carbons (Fsp3) is 0.545. The fourth-order valence-electron chi connectivity index (χ4n) is 1.25. The van der Waals surface area contributed by atoms with Gasteiger partial charge < -0.3 is 15.5 Å². The van der Waals surface area contributed by atoms with Crippen LogP contribution in [0, 0.1) is 12.8 Å². The first-order valence-corrected chi connectivity index (χ1v) is 5.11. The molecule has 2 atom stereocenters. The molecule has 1 rings (SSSR count). The van der Waals surface area contributed by atoms with Gasteiger partial charge in [-0.15, -0.1) is 0 Å². The SMILES string of the molecule is Cc1occc1C(=O)NC(C)C(C)CN. The minimum absolute atomic E-state index is 0.0665. The quantitative estimate of drug-likeness (QED) is 0.787. The molecule has 0 radical (unpaired) electrons. The number of rotatable bonds is 4. The Morgan fingerprint density at radius 3 is 2.73 bits per heavy atom. The summed E-state index contributed by atoms with van der Waals surface area (Å²) >= 11 is 0. The van der Waals surface area contributed by atoms with Crippen LogP contribution < -0.4 is 11.1 Å². The van der Waals surface area contributed by atoms with Gasteiger partial charge in [0.05, 0.1) is 11.8 Å². The van der Waals surface area contributed by atoms with E-state index in [9.17, 15) is 4.79 Å². The molecule has 0 fully saturated rings. The fourth-order valence-corrected chi connectivity index (χ4v) is 1.25. The van der Waals surface area contributed by atoms with Crippen molar-refractivity contribution in [1.82, 2.24) is 5.32 Å². The van der Waals surface area contributed by atoms with Crippen LogP contribution in [0.25, 0.3) is 0 Å². The maximum Gasteiger partial charge on any atom is 0.255 e. The second kappa shape index (κ2) is 4.98. The first kappa shape index (κ1) is 11.8. The number of furan rings is 1. The van der Waals surface area contributed by atoms with Crippen molar-refractivity contribution in [2.45, 2.75) is 26.8 Å². The molecule has 84 valence electrons. The number of carbonyl (C=O) groups excluding carboxylic acids is 1. The highest BCUT2D eigenvalue weighted by Gasteiger charge is 2.16. The lowest BCUT2D eigenvalue weighted by Crippen LogP contribution is -2.39. The van der Waals surface area contributed by atoms with Crippen molar-refractivity contribution in [3.63, 3.8) is 0 Å². The highest BCUT2D eigenvalue weighted by atomic mass is 16.3. The van der Waals surface area contributed by atoms with Gasteiger partial charge in [0.25, 0.3) is 5.91 Å². The molecule has 0 aromatic carbocycles. The van der Waals surface area contributed by atoms with E-state index in [4.69, 9.17) is 10.2 Å². The zero-order valence-corrected chi connectivity index (χ0v) is 9.41. The third kappa shape index (κ3) is 2.83. The van der Waals surface area contributed by atoms with Crippen LogP contribution in [0.2, 0.25) is 0 Å². The number of nitrogens with two attached hydrogens (primary N) is 1. The summed E-state index contributed by atoms with van der Waals surface area (Å²) in [5, 5.41) is 2.89. The Labute approximate surface area is 89.8 Å². The minimum Gasteiger partial charge on any atom is -0.469 e. The van der Waals surface area contributed by atoms with Gasteiger partial charge >= 0.3 is 0 Å². The molecular formula is C11H18N2O2. The summed E-state index contributed by atoms with van der Waals surface area (Å²) in [5.41, 5.74) is 6.12. The van der Waals surface area contributed by atoms with Crippen molar-refractivity contribution in [3.8, 4) is 0 Å². The van der Waals surface area contributed by atoms with E-state index in [0.29, 0.717) is 17.9 Å². The van der Waals surface area contributed by atoms with E-state index in [0.717, 1.165) is 0 Å². The summed E-state index contributed by atoms with van der Waals surface area (Å²) in [6.45, 7) is 6.29. The first-order valence-electron chi connectivity index (χ1n) is 5.11. The van der Waals surface area contributed by atoms with Crippen molar-refractivity contribution in [2.75, 3.05) is 6.54 Å². The molecule has 1 aromatic rings. The highest BCUT2D eigenvalue weighted by Crippen LogP contribution is 2.09. The molecule has 0 aliphatic carbocycles. The molecule has 0 aliphatic rings. The summed E-state index contributed by atoms with van der Waals surface area (Å²) in [6, 6.07) is 1.74. The highest BCUT2D eigenvalue weighted by molar-refractivity contribution is 5.95. The number of hydrogen-bond acceptors (Lipinski definition) is 3. The van der Waals surface area contributed by atoms with E-state index in [2.05, 4.69) is 5.32 Å². The lowest BCUT2D eigenvalue weighted by molar-refractivity contribution is 0.0928. The molecule has 1 aromatic heterocycles. The summed E-state index contributed by atoms with van der Waals surface area (Å²) in [4.78, 5) is 11.7. The van der Waals surface area contributed by atoms with Gasteiger partial charge in [-0.25, -0.2) is 0 Å². The largest absolute Gasteiger partial charge is 0.469 e. The normalized spacial score (nSPS) is 14.7. The van der Waals surface area contributed by atoms with E-state index in [1.54, 1.807) is 13.0 Å². The second-order valence-electron chi connectivity index (χ2n) is 3.87. The molecule has 1 amide bonds. The summed E-state index contributed by atoms with van der Waals surface area (Å²) in [6.07, 6.45) is 1.52. The molecule has 4 heteroatoms. The molecule has 3 N–H and O–H groups in total. The molecule has 1 heterocycles. The maximum absolute atomic E-state index is 11.7. The average molecular weight is 210 g/mol. The van der Waals surface area contributed by atoms with Gasteiger partial charge in [-0.2, -0.15) is 0 Å². The maximum atomic E-state index is 11.7. The Balaban J connectivity index is 2.60. The Hall–Kier alpha value is -1.29. The molecule has 0 saturated carbocycles. The Morgan fingerprint density at radius 1 is 1.60 bits per heavy atom. The number of amides is 1. The third-order valence-electron chi connectivity index (χ3n) is 2.69. The van der Waals surface area contributed by atoms with Gasteiger partial charge in [-0.3, -0.25) is 4.79 Å². The average Bonchev–Trinajstić information content (AvgIpc) is 2.63. The molecule has 0 saturated heterocycles. The van der Waals surface area contributed by atoms with Crippen molar-refractivity contribution >= 4 is 5.91 Å². The lowest BCUT2D eigenvalue weighted by Gasteiger charge is -2.19. The van der Waals surface area contributed by atoms with Crippen molar-refractivity contribution in [1.29, 1.82) is 0 Å². The molecular weight excluding hydrogens is 192 g/mol. The lowest BCUT2D eigenvalue weighted by atomic mass is 10.0. The summed E-state index contributed by atoms with van der Waals surface area (Å²) in [5.74, 6) is 0.801. The van der Waals surface area contributed by atoms with Crippen LogP contribution >= 0.6 is 0 Å². The predicted octanol–water partition coefficient (Wildman–Crippen LogP) is 1.30. The van der Waals surface area contributed by atoms with Gasteiger partial charge in [0.15, 0.2) is 0 Å². The summed E-state index contributed by atoms with van der Waals surface area (Å²) < 4.78 is 5.07. The number of carbonyl (C=O) groups is 1. The van der Waals surface area contributed by atoms with Crippen molar-refractivity contribution in [3.05, 3.63) is 23.7 Å². The standard InChI is InChI=1S/C11H18N2O2/c1-7(6-12)8(2)13-11(14)10-4-5-15-9(10)3/h4-5,7-8H,6,12H2,1-3H3,(H,13,14). The first-order chi connectivity index (χ1) is 7.06. The van der Waals surface area contributed by atoms with E-state index in [1.165, 1.54) is 6.26 Å². The zero-order valence-electron chi connectivity index (χ0n) is 9.41. The smallest absolute Gasteiger partial charge is 0.255 e. The van der Waals surface area contributed by atoms with Crippen LogP contribution in [-0.4, -0.2) is 18.5 Å². The monoisotopic (exact) mass is 210 g/mol. The van der Waals surface area contributed by atoms with E-state index < -0.39 is 0 Å². The molecule has 0 spiro atoms. The molecule has 0 bridgehead atoms. The van der Waals surface area contributed by atoms with Crippen LogP contribution in [0.4, 0.5) is 0 Å². The number of aryl methyl sites for hydroxylation is 1. The van der Waals surface area contributed by atoms with Gasteiger partial charge in [-0.1, -0.05) is 6.92 Å². The predicted molar refractivity (Wildman–Crippen MR) is 58.6 cm³/mol. The van der Waals surface area contributed by atoms with E-state index >= 15 is 0 Å². The zero-order chi connectivity index (χ0) is 11.4. The van der Waals surface area contributed by atoms with Crippen LogP contribution in [-0.2, 0) is 0 Å².